The van der Waals surface area contributed by atoms with Gasteiger partial charge in [-0.3, -0.25) is 14.4 Å². The molecule has 2 amide bonds. The van der Waals surface area contributed by atoms with E-state index in [4.69, 9.17) is 20.9 Å². The maximum Gasteiger partial charge on any atom is 0.316 e. The Kier molecular flexibility index (Phi) is 7.68. The summed E-state index contributed by atoms with van der Waals surface area (Å²) in [6.07, 6.45) is -0.972. The first-order chi connectivity index (χ1) is 12.8. The second-order valence-electron chi connectivity index (χ2n) is 5.49. The van der Waals surface area contributed by atoms with E-state index in [-0.39, 0.29) is 17.4 Å². The van der Waals surface area contributed by atoms with Gasteiger partial charge in [-0.05, 0) is 38.1 Å². The van der Waals surface area contributed by atoms with Crippen LogP contribution in [0.4, 0.5) is 11.5 Å². The van der Waals surface area contributed by atoms with Crippen LogP contribution in [0.25, 0.3) is 0 Å². The highest BCUT2D eigenvalue weighted by molar-refractivity contribution is 8.00. The highest BCUT2D eigenvalue weighted by atomic mass is 35.5. The zero-order valence-corrected chi connectivity index (χ0v) is 16.2. The zero-order valence-electron chi connectivity index (χ0n) is 14.7. The van der Waals surface area contributed by atoms with Crippen molar-refractivity contribution in [1.82, 2.24) is 5.16 Å². The lowest BCUT2D eigenvalue weighted by Gasteiger charge is -2.13. The number of hydrogen-bond donors (Lipinski definition) is 2. The molecule has 10 heteroatoms. The van der Waals surface area contributed by atoms with E-state index in [9.17, 15) is 14.4 Å². The van der Waals surface area contributed by atoms with Crippen molar-refractivity contribution in [2.45, 2.75) is 20.0 Å². The minimum atomic E-state index is -0.972. The number of nitrogens with one attached hydrogen (secondary N) is 2. The van der Waals surface area contributed by atoms with Crippen molar-refractivity contribution in [3.05, 3.63) is 41.1 Å². The number of rotatable bonds is 8. The Bertz CT molecular complexity index is 809. The number of aromatic nitrogens is 1. The summed E-state index contributed by atoms with van der Waals surface area (Å²) in [5, 5.41) is 9.34. The molecule has 0 fully saturated rings. The van der Waals surface area contributed by atoms with Crippen LogP contribution >= 0.6 is 23.4 Å². The molecule has 27 heavy (non-hydrogen) atoms. The molecule has 1 aromatic carbocycles. The standard InChI is InChI=1S/C17H18ClN3O5S/c1-10-7-14(21-26-10)20-15(22)8-27-9-16(23)25-11(2)17(24)19-13-5-3-12(18)4-6-13/h3-7,11H,8-9H2,1-2H3,(H,19,24)(H,20,21,22). The van der Waals surface area contributed by atoms with Gasteiger partial charge in [0, 0.05) is 16.8 Å². The van der Waals surface area contributed by atoms with Gasteiger partial charge >= 0.3 is 5.97 Å². The van der Waals surface area contributed by atoms with Crippen molar-refractivity contribution in [3.63, 3.8) is 0 Å². The van der Waals surface area contributed by atoms with E-state index >= 15 is 0 Å². The third-order valence-electron chi connectivity index (χ3n) is 3.14. The van der Waals surface area contributed by atoms with Gasteiger partial charge in [0.15, 0.2) is 11.9 Å². The van der Waals surface area contributed by atoms with Crippen molar-refractivity contribution in [2.24, 2.45) is 0 Å². The molecule has 2 aromatic rings. The number of ether oxygens (including phenoxy) is 1. The monoisotopic (exact) mass is 411 g/mol. The topological polar surface area (TPSA) is 111 Å². The predicted molar refractivity (Wildman–Crippen MR) is 103 cm³/mol. The normalized spacial score (nSPS) is 11.5. The number of benzene rings is 1. The van der Waals surface area contributed by atoms with Gasteiger partial charge in [-0.2, -0.15) is 0 Å². The fraction of sp³-hybridized carbons (Fsp3) is 0.294. The fourth-order valence-electron chi connectivity index (χ4n) is 1.89. The third-order valence-corrected chi connectivity index (χ3v) is 4.30. The first kappa shape index (κ1) is 20.8. The van der Waals surface area contributed by atoms with Crippen LogP contribution in [-0.4, -0.2) is 40.6 Å². The number of amides is 2. The molecule has 0 saturated heterocycles. The molecule has 8 nitrogen and oxygen atoms in total. The van der Waals surface area contributed by atoms with Gasteiger partial charge < -0.3 is 19.9 Å². The number of carbonyl (C=O) groups is 3. The maximum absolute atomic E-state index is 12.0. The lowest BCUT2D eigenvalue weighted by atomic mass is 10.3. The molecule has 2 N–H and O–H groups in total. The van der Waals surface area contributed by atoms with Crippen molar-refractivity contribution in [2.75, 3.05) is 22.1 Å². The van der Waals surface area contributed by atoms with E-state index in [0.717, 1.165) is 11.8 Å². The van der Waals surface area contributed by atoms with Crippen molar-refractivity contribution in [3.8, 4) is 0 Å². The van der Waals surface area contributed by atoms with Crippen LogP contribution < -0.4 is 10.6 Å². The number of halogens is 1. The Balaban J connectivity index is 1.67. The van der Waals surface area contributed by atoms with Crippen LogP contribution in [0.2, 0.25) is 5.02 Å². The molecular formula is C17H18ClN3O5S. The van der Waals surface area contributed by atoms with Crippen LogP contribution in [0, 0.1) is 6.92 Å². The molecule has 0 aliphatic carbocycles. The molecule has 144 valence electrons. The molecule has 0 bridgehead atoms. The minimum Gasteiger partial charge on any atom is -0.452 e. The molecule has 0 spiro atoms. The van der Waals surface area contributed by atoms with E-state index in [1.807, 2.05) is 0 Å². The molecule has 1 atom stereocenters. The van der Waals surface area contributed by atoms with Crippen molar-refractivity contribution >= 4 is 52.7 Å². The van der Waals surface area contributed by atoms with Crippen molar-refractivity contribution < 1.29 is 23.6 Å². The van der Waals surface area contributed by atoms with Gasteiger partial charge in [0.2, 0.25) is 5.91 Å². The first-order valence-electron chi connectivity index (χ1n) is 7.90. The number of carbonyl (C=O) groups excluding carboxylic acids is 3. The highest BCUT2D eigenvalue weighted by Crippen LogP contribution is 2.14. The van der Waals surface area contributed by atoms with Gasteiger partial charge in [-0.25, -0.2) is 0 Å². The number of anilines is 2. The van der Waals surface area contributed by atoms with E-state index in [1.54, 1.807) is 37.3 Å². The number of nitrogens with zero attached hydrogens (tertiary/aromatic N) is 1. The second kappa shape index (κ2) is 9.98. The predicted octanol–water partition coefficient (Wildman–Crippen LogP) is 2.88. The molecule has 0 aliphatic rings. The summed E-state index contributed by atoms with van der Waals surface area (Å²) in [5.74, 6) is -0.523. The summed E-state index contributed by atoms with van der Waals surface area (Å²) in [6.45, 7) is 3.17. The number of aryl methyl sites for hydroxylation is 1. The third kappa shape index (κ3) is 7.32. The van der Waals surface area contributed by atoms with Crippen LogP contribution in [0.15, 0.2) is 34.9 Å². The average molecular weight is 412 g/mol. The Labute approximate surface area is 164 Å². The Hall–Kier alpha value is -2.52. The Morgan fingerprint density at radius 1 is 1.22 bits per heavy atom. The van der Waals surface area contributed by atoms with E-state index in [1.165, 1.54) is 6.92 Å². The lowest BCUT2D eigenvalue weighted by Crippen LogP contribution is -2.30. The van der Waals surface area contributed by atoms with Gasteiger partial charge in [0.25, 0.3) is 5.91 Å². The van der Waals surface area contributed by atoms with Crippen LogP contribution in [-0.2, 0) is 19.1 Å². The molecule has 1 unspecified atom stereocenters. The molecule has 2 rings (SSSR count). The van der Waals surface area contributed by atoms with Gasteiger partial charge in [0.1, 0.15) is 5.76 Å². The van der Waals surface area contributed by atoms with Gasteiger partial charge in [0.05, 0.1) is 11.5 Å². The van der Waals surface area contributed by atoms with Gasteiger partial charge in [-0.1, -0.05) is 16.8 Å². The minimum absolute atomic E-state index is 0.0341. The Morgan fingerprint density at radius 3 is 2.56 bits per heavy atom. The largest absolute Gasteiger partial charge is 0.452 e. The summed E-state index contributed by atoms with van der Waals surface area (Å²) in [4.78, 5) is 35.5. The molecular weight excluding hydrogens is 394 g/mol. The number of thioether (sulfide) groups is 1. The lowest BCUT2D eigenvalue weighted by molar-refractivity contribution is -0.150. The quantitative estimate of drug-likeness (QED) is 0.642. The second-order valence-corrected chi connectivity index (χ2v) is 6.91. The summed E-state index contributed by atoms with van der Waals surface area (Å²) in [7, 11) is 0. The smallest absolute Gasteiger partial charge is 0.316 e. The fourth-order valence-corrected chi connectivity index (χ4v) is 2.61. The molecule has 1 aromatic heterocycles. The Morgan fingerprint density at radius 2 is 1.93 bits per heavy atom. The van der Waals surface area contributed by atoms with Crippen LogP contribution in [0.1, 0.15) is 12.7 Å². The highest BCUT2D eigenvalue weighted by Gasteiger charge is 2.18. The van der Waals surface area contributed by atoms with Crippen LogP contribution in [0.3, 0.4) is 0 Å². The maximum atomic E-state index is 12.0. The summed E-state index contributed by atoms with van der Waals surface area (Å²) >= 11 is 6.84. The molecule has 0 aliphatic heterocycles. The number of esters is 1. The van der Waals surface area contributed by atoms with Gasteiger partial charge in [-0.15, -0.1) is 11.8 Å². The first-order valence-corrected chi connectivity index (χ1v) is 9.43. The van der Waals surface area contributed by atoms with Crippen LogP contribution in [0.5, 0.6) is 0 Å². The molecule has 0 radical (unpaired) electrons. The summed E-state index contributed by atoms with van der Waals surface area (Å²) in [6, 6.07) is 8.13. The molecule has 0 saturated carbocycles. The average Bonchev–Trinajstić information content (AvgIpc) is 3.01. The van der Waals surface area contributed by atoms with E-state index in [2.05, 4.69) is 15.8 Å². The van der Waals surface area contributed by atoms with E-state index in [0.29, 0.717) is 22.3 Å². The SMILES string of the molecule is Cc1cc(NC(=O)CSCC(=O)OC(C)C(=O)Nc2ccc(Cl)cc2)no1. The molecule has 1 heterocycles. The van der Waals surface area contributed by atoms with Crippen molar-refractivity contribution in [1.29, 1.82) is 0 Å². The summed E-state index contributed by atoms with van der Waals surface area (Å²) < 4.78 is 9.89. The number of hydrogen-bond acceptors (Lipinski definition) is 7. The van der Waals surface area contributed by atoms with E-state index < -0.39 is 18.0 Å². The zero-order chi connectivity index (χ0) is 19.8. The summed E-state index contributed by atoms with van der Waals surface area (Å²) in [5.41, 5.74) is 0.543.